The second-order valence-corrected chi connectivity index (χ2v) is 7.54. The second kappa shape index (κ2) is 9.11. The van der Waals surface area contributed by atoms with Gasteiger partial charge in [-0.2, -0.15) is 15.2 Å². The zero-order valence-corrected chi connectivity index (χ0v) is 16.8. The summed E-state index contributed by atoms with van der Waals surface area (Å²) >= 11 is 1.01. The number of hydrogen-bond donors (Lipinski definition) is 1. The van der Waals surface area contributed by atoms with Gasteiger partial charge in [0, 0.05) is 12.3 Å². The fourth-order valence-corrected chi connectivity index (χ4v) is 3.68. The Kier molecular flexibility index (Phi) is 5.91. The number of pyridine rings is 1. The van der Waals surface area contributed by atoms with Crippen LogP contribution in [0.2, 0.25) is 0 Å². The molecule has 7 heteroatoms. The van der Waals surface area contributed by atoms with Crippen LogP contribution in [0.3, 0.4) is 0 Å². The maximum atomic E-state index is 12.1. The molecular weight excluding hydrogens is 396 g/mol. The van der Waals surface area contributed by atoms with Crippen molar-refractivity contribution in [2.24, 2.45) is 10.2 Å². The first-order valence-electron chi connectivity index (χ1n) is 9.30. The van der Waals surface area contributed by atoms with Gasteiger partial charge in [-0.15, -0.1) is 0 Å². The highest BCUT2D eigenvalue weighted by Gasteiger charge is 2.16. The van der Waals surface area contributed by atoms with Crippen LogP contribution >= 0.6 is 11.3 Å². The fourth-order valence-electron chi connectivity index (χ4n) is 2.98. The highest BCUT2D eigenvalue weighted by molar-refractivity contribution is 7.11. The number of aromatic amines is 1. The van der Waals surface area contributed by atoms with Crippen molar-refractivity contribution >= 4 is 23.4 Å². The number of H-pyrrole nitrogens is 1. The summed E-state index contributed by atoms with van der Waals surface area (Å²) in [6.45, 7) is 0. The van der Waals surface area contributed by atoms with Gasteiger partial charge in [-0.05, 0) is 34.1 Å². The average molecular weight is 414 g/mol. The number of benzene rings is 2. The first-order valence-corrected chi connectivity index (χ1v) is 10.1. The quantitative estimate of drug-likeness (QED) is 0.227. The van der Waals surface area contributed by atoms with E-state index in [2.05, 4.69) is 27.3 Å². The van der Waals surface area contributed by atoms with Crippen molar-refractivity contribution in [1.29, 1.82) is 0 Å². The molecule has 6 nitrogen and oxygen atoms in total. The van der Waals surface area contributed by atoms with E-state index in [9.17, 15) is 9.90 Å². The van der Waals surface area contributed by atoms with Gasteiger partial charge in [-0.3, -0.25) is 0 Å². The van der Waals surface area contributed by atoms with Gasteiger partial charge in [-0.1, -0.05) is 66.7 Å². The van der Waals surface area contributed by atoms with Gasteiger partial charge in [0.1, 0.15) is 4.88 Å². The zero-order valence-electron chi connectivity index (χ0n) is 15.9. The number of thiazole rings is 1. The van der Waals surface area contributed by atoms with Gasteiger partial charge < -0.3 is 5.11 Å². The minimum absolute atomic E-state index is 0.207. The molecule has 0 atom stereocenters. The third-order valence-corrected chi connectivity index (χ3v) is 5.18. The van der Waals surface area contributed by atoms with Crippen LogP contribution < -0.4 is 14.5 Å². The van der Waals surface area contributed by atoms with E-state index in [1.807, 2.05) is 53.4 Å². The van der Waals surface area contributed by atoms with Crippen molar-refractivity contribution in [2.45, 2.75) is 6.42 Å². The molecule has 0 saturated carbocycles. The Bertz CT molecular complexity index is 1240. The van der Waals surface area contributed by atoms with Crippen LogP contribution in [-0.4, -0.2) is 17.1 Å². The normalized spacial score (nSPS) is 11.8. The fraction of sp³-hybridized carbons (Fsp3) is 0.0435. The SMILES string of the molecule is O=c1[nH]c(-[n+]2cccc(Cc3ccccc3)c2)c(C=NN=C([O-])c2ccccc2)s1. The minimum atomic E-state index is -0.436. The highest BCUT2D eigenvalue weighted by Crippen LogP contribution is 2.10. The van der Waals surface area contributed by atoms with Crippen LogP contribution in [0.25, 0.3) is 5.82 Å². The molecule has 0 bridgehead atoms. The van der Waals surface area contributed by atoms with Gasteiger partial charge in [0.05, 0.1) is 18.6 Å². The summed E-state index contributed by atoms with van der Waals surface area (Å²) in [5.74, 6) is 0.153. The van der Waals surface area contributed by atoms with Gasteiger partial charge >= 0.3 is 10.7 Å². The molecule has 1 N–H and O–H groups in total. The maximum absolute atomic E-state index is 12.1. The van der Waals surface area contributed by atoms with E-state index in [-0.39, 0.29) is 4.87 Å². The summed E-state index contributed by atoms with van der Waals surface area (Å²) < 4.78 is 1.84. The Morgan fingerprint density at radius 1 is 1.00 bits per heavy atom. The van der Waals surface area contributed by atoms with E-state index in [4.69, 9.17) is 0 Å². The molecule has 2 aromatic carbocycles. The lowest BCUT2D eigenvalue weighted by atomic mass is 10.1. The Balaban J connectivity index is 1.59. The van der Waals surface area contributed by atoms with E-state index < -0.39 is 5.90 Å². The van der Waals surface area contributed by atoms with Gasteiger partial charge in [0.15, 0.2) is 0 Å². The molecule has 2 heterocycles. The lowest BCUT2D eigenvalue weighted by Crippen LogP contribution is -2.32. The summed E-state index contributed by atoms with van der Waals surface area (Å²) in [7, 11) is 0. The van der Waals surface area contributed by atoms with E-state index in [0.29, 0.717) is 16.3 Å². The van der Waals surface area contributed by atoms with Crippen LogP contribution in [0.1, 0.15) is 21.6 Å². The minimum Gasteiger partial charge on any atom is -0.857 e. The summed E-state index contributed by atoms with van der Waals surface area (Å²) in [5, 5.41) is 19.7. The van der Waals surface area contributed by atoms with E-state index in [1.165, 1.54) is 11.8 Å². The lowest BCUT2D eigenvalue weighted by molar-refractivity contribution is -0.599. The second-order valence-electron chi connectivity index (χ2n) is 6.52. The molecule has 0 spiro atoms. The molecule has 2 aromatic heterocycles. The van der Waals surface area contributed by atoms with Crippen LogP contribution in [-0.2, 0) is 6.42 Å². The molecule has 0 aliphatic carbocycles. The van der Waals surface area contributed by atoms with Gasteiger partial charge in [0.2, 0.25) is 0 Å². The smallest absolute Gasteiger partial charge is 0.390 e. The molecule has 148 valence electrons. The van der Waals surface area contributed by atoms with Crippen molar-refractivity contribution in [2.75, 3.05) is 0 Å². The molecule has 0 aliphatic heterocycles. The van der Waals surface area contributed by atoms with Crippen molar-refractivity contribution in [3.8, 4) is 5.82 Å². The number of rotatable bonds is 6. The van der Waals surface area contributed by atoms with E-state index in [0.717, 1.165) is 23.3 Å². The highest BCUT2D eigenvalue weighted by atomic mass is 32.1. The van der Waals surface area contributed by atoms with Crippen LogP contribution in [0.4, 0.5) is 0 Å². The van der Waals surface area contributed by atoms with E-state index in [1.54, 1.807) is 24.3 Å². The Morgan fingerprint density at radius 2 is 1.70 bits per heavy atom. The summed E-state index contributed by atoms with van der Waals surface area (Å²) in [5.41, 5.74) is 2.76. The maximum Gasteiger partial charge on any atom is 0.390 e. The first kappa shape index (κ1) is 19.5. The lowest BCUT2D eigenvalue weighted by Gasteiger charge is -2.06. The topological polar surface area (TPSA) is 84.5 Å². The standard InChI is InChI=1S/C23H18N4O2S/c28-22(19-11-5-2-6-12-19)26-24-15-20-21(25-23(29)30-20)27-13-7-10-18(16-27)14-17-8-3-1-4-9-17/h1-13,15-16H,14H2,(H-,24,25,26,28,29). The monoisotopic (exact) mass is 414 g/mol. The molecule has 0 amide bonds. The number of aromatic nitrogens is 2. The molecule has 4 aromatic rings. The number of hydrogen-bond acceptors (Lipinski definition) is 5. The van der Waals surface area contributed by atoms with Gasteiger partial charge in [-0.25, -0.2) is 9.36 Å². The molecule has 0 saturated heterocycles. The van der Waals surface area contributed by atoms with Crippen LogP contribution in [0, 0.1) is 0 Å². The number of nitrogens with one attached hydrogen (secondary N) is 1. The Morgan fingerprint density at radius 3 is 2.47 bits per heavy atom. The zero-order chi connectivity index (χ0) is 20.8. The molecule has 0 radical (unpaired) electrons. The summed E-state index contributed by atoms with van der Waals surface area (Å²) in [6.07, 6.45) is 6.03. The summed E-state index contributed by atoms with van der Waals surface area (Å²) in [6, 6.07) is 22.8. The average Bonchev–Trinajstić information content (AvgIpc) is 3.15. The predicted molar refractivity (Wildman–Crippen MR) is 116 cm³/mol. The third kappa shape index (κ3) is 4.76. The summed E-state index contributed by atoms with van der Waals surface area (Å²) in [4.78, 5) is 15.2. The van der Waals surface area contributed by atoms with Crippen molar-refractivity contribution < 1.29 is 9.67 Å². The molecule has 4 rings (SSSR count). The van der Waals surface area contributed by atoms with Crippen molar-refractivity contribution in [1.82, 2.24) is 4.98 Å². The molecule has 0 unspecified atom stereocenters. The van der Waals surface area contributed by atoms with Crippen LogP contribution in [0.15, 0.2) is 100 Å². The van der Waals surface area contributed by atoms with Crippen molar-refractivity contribution in [3.63, 3.8) is 0 Å². The van der Waals surface area contributed by atoms with Crippen LogP contribution in [0.5, 0.6) is 0 Å². The van der Waals surface area contributed by atoms with Gasteiger partial charge in [0.25, 0.3) is 0 Å². The Labute approximate surface area is 177 Å². The van der Waals surface area contributed by atoms with Crippen molar-refractivity contribution in [3.05, 3.63) is 116 Å². The molecule has 30 heavy (non-hydrogen) atoms. The predicted octanol–water partition coefficient (Wildman–Crippen LogP) is 2.44. The van der Waals surface area contributed by atoms with E-state index >= 15 is 0 Å². The number of nitrogens with zero attached hydrogens (tertiary/aromatic N) is 3. The molecule has 0 aliphatic rings. The Hall–Kier alpha value is -3.84. The first-order chi connectivity index (χ1) is 14.7. The molecular formula is C23H18N4O2S. The largest absolute Gasteiger partial charge is 0.857 e. The molecule has 0 fully saturated rings. The third-order valence-electron chi connectivity index (χ3n) is 4.37.